The standard InChI is InChI=1S/C18H27ClN4O/c1-12-16(19)11-23(22-12)4-2-3-20-17(24)21-18-8-13-5-14(9-18)7-15(6-13)10-18/h11,13-15H,2-10H2,1H3,(H2,20,21,24). The molecule has 0 atom stereocenters. The van der Waals surface area contributed by atoms with E-state index in [-0.39, 0.29) is 11.6 Å². The molecule has 4 aliphatic rings. The van der Waals surface area contributed by atoms with Gasteiger partial charge in [0.1, 0.15) is 0 Å². The molecular weight excluding hydrogens is 324 g/mol. The third-order valence-electron chi connectivity index (χ3n) is 6.15. The summed E-state index contributed by atoms with van der Waals surface area (Å²) in [6.45, 7) is 3.33. The zero-order chi connectivity index (χ0) is 16.7. The van der Waals surface area contributed by atoms with Crippen molar-refractivity contribution >= 4 is 17.6 Å². The maximum Gasteiger partial charge on any atom is 0.315 e. The molecule has 0 saturated heterocycles. The van der Waals surface area contributed by atoms with Crippen molar-refractivity contribution in [1.29, 1.82) is 0 Å². The maximum absolute atomic E-state index is 12.3. The van der Waals surface area contributed by atoms with Gasteiger partial charge in [-0.1, -0.05) is 11.6 Å². The van der Waals surface area contributed by atoms with E-state index >= 15 is 0 Å². The van der Waals surface area contributed by atoms with Crippen molar-refractivity contribution < 1.29 is 4.79 Å². The molecule has 1 aromatic rings. The van der Waals surface area contributed by atoms with Gasteiger partial charge in [-0.15, -0.1) is 0 Å². The van der Waals surface area contributed by atoms with Gasteiger partial charge in [-0.3, -0.25) is 4.68 Å². The first-order chi connectivity index (χ1) is 11.5. The van der Waals surface area contributed by atoms with E-state index in [1.807, 2.05) is 17.8 Å². The van der Waals surface area contributed by atoms with Crippen LogP contribution in [-0.4, -0.2) is 27.9 Å². The number of halogens is 1. The Bertz CT molecular complexity index is 572. The van der Waals surface area contributed by atoms with Crippen LogP contribution >= 0.6 is 11.6 Å². The van der Waals surface area contributed by atoms with E-state index in [4.69, 9.17) is 11.6 Å². The Morgan fingerprint density at radius 3 is 2.46 bits per heavy atom. The third-order valence-corrected chi connectivity index (χ3v) is 6.52. The minimum Gasteiger partial charge on any atom is -0.338 e. The van der Waals surface area contributed by atoms with Crippen LogP contribution in [-0.2, 0) is 6.54 Å². The van der Waals surface area contributed by atoms with Crippen LogP contribution in [0.4, 0.5) is 4.79 Å². The summed E-state index contributed by atoms with van der Waals surface area (Å²) >= 11 is 6.00. The van der Waals surface area contributed by atoms with Crippen LogP contribution in [0.25, 0.3) is 0 Å². The Balaban J connectivity index is 1.22. The molecule has 4 aliphatic carbocycles. The van der Waals surface area contributed by atoms with Gasteiger partial charge >= 0.3 is 6.03 Å². The fourth-order valence-corrected chi connectivity index (χ4v) is 5.75. The van der Waals surface area contributed by atoms with E-state index in [2.05, 4.69) is 15.7 Å². The minimum atomic E-state index is 0.00614. The Morgan fingerprint density at radius 2 is 1.92 bits per heavy atom. The smallest absolute Gasteiger partial charge is 0.315 e. The summed E-state index contributed by atoms with van der Waals surface area (Å²) in [5.41, 5.74) is 0.940. The Labute approximate surface area is 148 Å². The van der Waals surface area contributed by atoms with Crippen molar-refractivity contribution in [2.45, 2.75) is 64.0 Å². The van der Waals surface area contributed by atoms with Gasteiger partial charge in [0.25, 0.3) is 0 Å². The highest BCUT2D eigenvalue weighted by Crippen LogP contribution is 2.55. The second-order valence-electron chi connectivity index (χ2n) is 8.26. The summed E-state index contributed by atoms with van der Waals surface area (Å²) in [6, 6.07) is 0.00614. The summed E-state index contributed by atoms with van der Waals surface area (Å²) in [7, 11) is 0. The number of rotatable bonds is 5. The Hall–Kier alpha value is -1.23. The molecule has 132 valence electrons. The first-order valence-corrected chi connectivity index (χ1v) is 9.65. The number of urea groups is 1. The molecule has 0 spiro atoms. The predicted octanol–water partition coefficient (Wildman–Crippen LogP) is 3.50. The van der Waals surface area contributed by atoms with Gasteiger partial charge in [0.05, 0.1) is 10.7 Å². The number of nitrogens with zero attached hydrogens (tertiary/aromatic N) is 2. The molecule has 0 radical (unpaired) electrons. The molecule has 4 bridgehead atoms. The largest absolute Gasteiger partial charge is 0.338 e. The molecule has 0 unspecified atom stereocenters. The zero-order valence-electron chi connectivity index (χ0n) is 14.4. The lowest BCUT2D eigenvalue weighted by Crippen LogP contribution is -2.61. The van der Waals surface area contributed by atoms with Gasteiger partial charge in [0.15, 0.2) is 0 Å². The van der Waals surface area contributed by atoms with Crippen LogP contribution in [0.5, 0.6) is 0 Å². The number of hydrogen-bond acceptors (Lipinski definition) is 2. The molecule has 0 aromatic carbocycles. The summed E-state index contributed by atoms with van der Waals surface area (Å²) in [6.07, 6.45) is 10.5. The van der Waals surface area contributed by atoms with Crippen LogP contribution in [0, 0.1) is 24.7 Å². The van der Waals surface area contributed by atoms with Gasteiger partial charge in [0, 0.05) is 24.8 Å². The summed E-state index contributed by atoms with van der Waals surface area (Å²) < 4.78 is 1.84. The molecule has 0 aliphatic heterocycles. The Morgan fingerprint density at radius 1 is 1.29 bits per heavy atom. The number of carbonyl (C=O) groups is 1. The zero-order valence-corrected chi connectivity index (χ0v) is 15.1. The topological polar surface area (TPSA) is 59.0 Å². The van der Waals surface area contributed by atoms with Gasteiger partial charge in [-0.05, 0) is 69.6 Å². The first-order valence-electron chi connectivity index (χ1n) is 9.27. The van der Waals surface area contributed by atoms with E-state index < -0.39 is 0 Å². The van der Waals surface area contributed by atoms with Crippen LogP contribution in [0.2, 0.25) is 5.02 Å². The SMILES string of the molecule is Cc1nn(CCCNC(=O)NC23CC4CC(CC(C4)C2)C3)cc1Cl. The molecule has 24 heavy (non-hydrogen) atoms. The predicted molar refractivity (Wildman–Crippen MR) is 94.0 cm³/mol. The van der Waals surface area contributed by atoms with Crippen LogP contribution in [0.3, 0.4) is 0 Å². The van der Waals surface area contributed by atoms with E-state index in [1.54, 1.807) is 0 Å². The highest BCUT2D eigenvalue weighted by atomic mass is 35.5. The Kier molecular flexibility index (Phi) is 4.23. The molecule has 1 aromatic heterocycles. The first kappa shape index (κ1) is 16.2. The molecular formula is C18H27ClN4O. The van der Waals surface area contributed by atoms with Crippen LogP contribution in [0.1, 0.15) is 50.6 Å². The number of amides is 2. The molecule has 2 N–H and O–H groups in total. The van der Waals surface area contributed by atoms with Gasteiger partial charge < -0.3 is 10.6 Å². The number of aromatic nitrogens is 2. The fraction of sp³-hybridized carbons (Fsp3) is 0.778. The molecule has 2 amide bonds. The molecule has 1 heterocycles. The number of hydrogen-bond donors (Lipinski definition) is 2. The van der Waals surface area contributed by atoms with Crippen LogP contribution < -0.4 is 10.6 Å². The quantitative estimate of drug-likeness (QED) is 0.798. The van der Waals surface area contributed by atoms with Gasteiger partial charge in [-0.2, -0.15) is 5.10 Å². The summed E-state index contributed by atoms with van der Waals surface area (Å²) in [5.74, 6) is 2.55. The molecule has 5 nitrogen and oxygen atoms in total. The van der Waals surface area contributed by atoms with Crippen molar-refractivity contribution in [1.82, 2.24) is 20.4 Å². The second kappa shape index (κ2) is 6.25. The van der Waals surface area contributed by atoms with Crippen molar-refractivity contribution in [3.05, 3.63) is 16.9 Å². The maximum atomic E-state index is 12.3. The van der Waals surface area contributed by atoms with Crippen molar-refractivity contribution in [3.8, 4) is 0 Å². The highest BCUT2D eigenvalue weighted by Gasteiger charge is 2.51. The third kappa shape index (κ3) is 3.28. The van der Waals surface area contributed by atoms with Gasteiger partial charge in [-0.25, -0.2) is 4.79 Å². The van der Waals surface area contributed by atoms with Crippen molar-refractivity contribution in [3.63, 3.8) is 0 Å². The van der Waals surface area contributed by atoms with E-state index in [1.165, 1.54) is 38.5 Å². The highest BCUT2D eigenvalue weighted by molar-refractivity contribution is 6.31. The molecule has 4 saturated carbocycles. The lowest BCUT2D eigenvalue weighted by atomic mass is 9.53. The average molecular weight is 351 g/mol. The van der Waals surface area contributed by atoms with Crippen LogP contribution in [0.15, 0.2) is 6.20 Å². The molecule has 6 heteroatoms. The van der Waals surface area contributed by atoms with Crippen molar-refractivity contribution in [2.24, 2.45) is 17.8 Å². The number of carbonyl (C=O) groups excluding carboxylic acids is 1. The molecule has 4 fully saturated rings. The minimum absolute atomic E-state index is 0.00614. The van der Waals surface area contributed by atoms with E-state index in [0.717, 1.165) is 36.4 Å². The van der Waals surface area contributed by atoms with Gasteiger partial charge in [0.2, 0.25) is 0 Å². The summed E-state index contributed by atoms with van der Waals surface area (Å²) in [5, 5.41) is 11.4. The van der Waals surface area contributed by atoms with E-state index in [0.29, 0.717) is 11.6 Å². The fourth-order valence-electron chi connectivity index (χ4n) is 5.60. The van der Waals surface area contributed by atoms with E-state index in [9.17, 15) is 4.79 Å². The lowest BCUT2D eigenvalue weighted by Gasteiger charge is -2.56. The number of aryl methyl sites for hydroxylation is 2. The normalized spacial score (nSPS) is 33.7. The van der Waals surface area contributed by atoms with Crippen molar-refractivity contribution in [2.75, 3.05) is 6.54 Å². The molecule has 5 rings (SSSR count). The average Bonchev–Trinajstić information content (AvgIpc) is 2.80. The summed E-state index contributed by atoms with van der Waals surface area (Å²) in [4.78, 5) is 12.3. The second-order valence-corrected chi connectivity index (χ2v) is 8.67. The lowest BCUT2D eigenvalue weighted by molar-refractivity contribution is -0.0135. The monoisotopic (exact) mass is 350 g/mol. The number of nitrogens with one attached hydrogen (secondary N) is 2.